The SMILES string of the molecule is COC(=O)CC[C@H](NC(=O)c1cccc(O)c1O)C(=O)O. The van der Waals surface area contributed by atoms with Gasteiger partial charge in [-0.25, -0.2) is 4.79 Å². The first-order chi connectivity index (χ1) is 9.86. The first-order valence-corrected chi connectivity index (χ1v) is 5.98. The van der Waals surface area contributed by atoms with Crippen LogP contribution in [-0.2, 0) is 14.3 Å². The zero-order valence-corrected chi connectivity index (χ0v) is 11.2. The molecule has 0 aliphatic heterocycles. The highest BCUT2D eigenvalue weighted by Gasteiger charge is 2.23. The van der Waals surface area contributed by atoms with Crippen LogP contribution in [-0.4, -0.2) is 46.3 Å². The van der Waals surface area contributed by atoms with Gasteiger partial charge in [-0.3, -0.25) is 9.59 Å². The molecule has 1 aromatic rings. The zero-order valence-electron chi connectivity index (χ0n) is 11.2. The predicted molar refractivity (Wildman–Crippen MR) is 69.9 cm³/mol. The maximum absolute atomic E-state index is 11.9. The number of benzene rings is 1. The van der Waals surface area contributed by atoms with E-state index in [-0.39, 0.29) is 18.4 Å². The Balaban J connectivity index is 2.79. The first-order valence-electron chi connectivity index (χ1n) is 5.98. The molecule has 0 radical (unpaired) electrons. The van der Waals surface area contributed by atoms with Crippen molar-refractivity contribution in [3.8, 4) is 11.5 Å². The van der Waals surface area contributed by atoms with Crippen molar-refractivity contribution in [1.82, 2.24) is 5.32 Å². The average Bonchev–Trinajstić information content (AvgIpc) is 2.45. The molecule has 0 spiro atoms. The molecule has 0 aliphatic carbocycles. The van der Waals surface area contributed by atoms with Crippen LogP contribution in [0.4, 0.5) is 0 Å². The fourth-order valence-electron chi connectivity index (χ4n) is 1.57. The number of carboxylic acids is 1. The molecule has 8 nitrogen and oxygen atoms in total. The van der Waals surface area contributed by atoms with Gasteiger partial charge in [0.15, 0.2) is 11.5 Å². The molecule has 0 aromatic heterocycles. The molecule has 1 atom stereocenters. The standard InChI is InChI=1S/C13H15NO7/c1-21-10(16)6-5-8(13(19)20)14-12(18)7-3-2-4-9(15)11(7)17/h2-4,8,15,17H,5-6H2,1H3,(H,14,18)(H,19,20)/t8-/m0/s1. The maximum atomic E-state index is 11.9. The number of para-hydroxylation sites is 1. The monoisotopic (exact) mass is 297 g/mol. The van der Waals surface area contributed by atoms with Gasteiger partial charge in [-0.05, 0) is 18.6 Å². The second kappa shape index (κ2) is 7.13. The van der Waals surface area contributed by atoms with E-state index in [4.69, 9.17) is 5.11 Å². The van der Waals surface area contributed by atoms with Gasteiger partial charge in [-0.15, -0.1) is 0 Å². The van der Waals surface area contributed by atoms with E-state index in [9.17, 15) is 24.6 Å². The van der Waals surface area contributed by atoms with E-state index >= 15 is 0 Å². The summed E-state index contributed by atoms with van der Waals surface area (Å²) in [7, 11) is 1.17. The highest BCUT2D eigenvalue weighted by atomic mass is 16.5. The number of esters is 1. The van der Waals surface area contributed by atoms with Crippen molar-refractivity contribution in [1.29, 1.82) is 0 Å². The number of nitrogens with one attached hydrogen (secondary N) is 1. The predicted octanol–water partition coefficient (Wildman–Crippen LogP) is 0.234. The van der Waals surface area contributed by atoms with E-state index in [1.807, 2.05) is 0 Å². The van der Waals surface area contributed by atoms with Gasteiger partial charge in [-0.2, -0.15) is 0 Å². The molecule has 4 N–H and O–H groups in total. The van der Waals surface area contributed by atoms with Crippen LogP contribution in [0.3, 0.4) is 0 Å². The first kappa shape index (κ1) is 16.3. The Morgan fingerprint density at radius 3 is 2.52 bits per heavy atom. The van der Waals surface area contributed by atoms with E-state index in [2.05, 4.69) is 10.1 Å². The number of carbonyl (C=O) groups is 3. The maximum Gasteiger partial charge on any atom is 0.326 e. The Morgan fingerprint density at radius 2 is 1.95 bits per heavy atom. The number of hydrogen-bond donors (Lipinski definition) is 4. The molecule has 0 unspecified atom stereocenters. The lowest BCUT2D eigenvalue weighted by Crippen LogP contribution is -2.41. The van der Waals surface area contributed by atoms with Gasteiger partial charge in [0, 0.05) is 6.42 Å². The minimum absolute atomic E-state index is 0.159. The lowest BCUT2D eigenvalue weighted by atomic mass is 10.1. The van der Waals surface area contributed by atoms with Crippen molar-refractivity contribution in [3.63, 3.8) is 0 Å². The van der Waals surface area contributed by atoms with Gasteiger partial charge in [-0.1, -0.05) is 6.07 Å². The van der Waals surface area contributed by atoms with Crippen LogP contribution in [0.5, 0.6) is 11.5 Å². The number of aliphatic carboxylic acids is 1. The van der Waals surface area contributed by atoms with Crippen molar-refractivity contribution in [2.45, 2.75) is 18.9 Å². The van der Waals surface area contributed by atoms with Crippen molar-refractivity contribution >= 4 is 17.8 Å². The highest BCUT2D eigenvalue weighted by Crippen LogP contribution is 2.28. The van der Waals surface area contributed by atoms with Crippen molar-refractivity contribution in [3.05, 3.63) is 23.8 Å². The fourth-order valence-corrected chi connectivity index (χ4v) is 1.57. The molecular weight excluding hydrogens is 282 g/mol. The van der Waals surface area contributed by atoms with Gasteiger partial charge in [0.1, 0.15) is 6.04 Å². The molecule has 0 saturated carbocycles. The minimum Gasteiger partial charge on any atom is -0.504 e. The Hall–Kier alpha value is -2.77. The van der Waals surface area contributed by atoms with Crippen LogP contribution in [0.25, 0.3) is 0 Å². The molecular formula is C13H15NO7. The van der Waals surface area contributed by atoms with Crippen LogP contribution in [0.2, 0.25) is 0 Å². The van der Waals surface area contributed by atoms with E-state index in [0.29, 0.717) is 0 Å². The molecule has 0 heterocycles. The van der Waals surface area contributed by atoms with Gasteiger partial charge < -0.3 is 25.4 Å². The second-order valence-electron chi connectivity index (χ2n) is 4.15. The number of phenolic OH excluding ortho intramolecular Hbond substituents is 2. The summed E-state index contributed by atoms with van der Waals surface area (Å²) in [6, 6.07) is 2.41. The van der Waals surface area contributed by atoms with Gasteiger partial charge >= 0.3 is 11.9 Å². The van der Waals surface area contributed by atoms with Gasteiger partial charge in [0.25, 0.3) is 5.91 Å². The third-order valence-electron chi connectivity index (χ3n) is 2.73. The fraction of sp³-hybridized carbons (Fsp3) is 0.308. The number of carboxylic acid groups (broad SMARTS) is 1. The summed E-state index contributed by atoms with van der Waals surface area (Å²) in [6.45, 7) is 0. The number of hydrogen-bond acceptors (Lipinski definition) is 6. The smallest absolute Gasteiger partial charge is 0.326 e. The van der Waals surface area contributed by atoms with Crippen LogP contribution in [0.15, 0.2) is 18.2 Å². The average molecular weight is 297 g/mol. The van der Waals surface area contributed by atoms with Gasteiger partial charge in [0.05, 0.1) is 12.7 Å². The van der Waals surface area contributed by atoms with E-state index in [1.165, 1.54) is 25.3 Å². The minimum atomic E-state index is -1.33. The number of rotatable bonds is 6. The molecule has 0 saturated heterocycles. The third-order valence-corrected chi connectivity index (χ3v) is 2.73. The quantitative estimate of drug-likeness (QED) is 0.436. The summed E-state index contributed by atoms with van der Waals surface area (Å²) in [6.07, 6.45) is -0.340. The third kappa shape index (κ3) is 4.37. The molecule has 0 aliphatic rings. The molecule has 8 heteroatoms. The summed E-state index contributed by atoms with van der Waals surface area (Å²) >= 11 is 0. The van der Waals surface area contributed by atoms with Gasteiger partial charge in [0.2, 0.25) is 0 Å². The Bertz CT molecular complexity index is 555. The second-order valence-corrected chi connectivity index (χ2v) is 4.15. The van der Waals surface area contributed by atoms with E-state index < -0.39 is 35.4 Å². The van der Waals surface area contributed by atoms with Crippen molar-refractivity contribution in [2.75, 3.05) is 7.11 Å². The summed E-state index contributed by atoms with van der Waals surface area (Å²) in [5, 5.41) is 30.0. The Morgan fingerprint density at radius 1 is 1.29 bits per heavy atom. The topological polar surface area (TPSA) is 133 Å². The summed E-state index contributed by atoms with van der Waals surface area (Å²) in [4.78, 5) is 33.9. The molecule has 1 rings (SSSR count). The zero-order chi connectivity index (χ0) is 16.0. The number of aromatic hydroxyl groups is 2. The van der Waals surface area contributed by atoms with Crippen LogP contribution >= 0.6 is 0 Å². The number of phenols is 2. The molecule has 0 fully saturated rings. The Labute approximate surface area is 120 Å². The molecule has 1 amide bonds. The summed E-state index contributed by atoms with van der Waals surface area (Å²) < 4.78 is 4.39. The van der Waals surface area contributed by atoms with Crippen LogP contribution in [0, 0.1) is 0 Å². The largest absolute Gasteiger partial charge is 0.504 e. The lowest BCUT2D eigenvalue weighted by molar-refractivity contribution is -0.142. The molecule has 21 heavy (non-hydrogen) atoms. The highest BCUT2D eigenvalue weighted by molar-refractivity contribution is 5.99. The molecule has 1 aromatic carbocycles. The Kier molecular flexibility index (Phi) is 5.53. The summed E-state index contributed by atoms with van der Waals surface area (Å²) in [5.74, 6) is -3.94. The summed E-state index contributed by atoms with van der Waals surface area (Å²) in [5.41, 5.74) is -0.265. The van der Waals surface area contributed by atoms with E-state index in [0.717, 1.165) is 0 Å². The number of methoxy groups -OCH3 is 1. The number of ether oxygens (including phenoxy) is 1. The van der Waals surface area contributed by atoms with Crippen LogP contribution < -0.4 is 5.32 Å². The number of amides is 1. The van der Waals surface area contributed by atoms with Crippen LogP contribution in [0.1, 0.15) is 23.2 Å². The molecule has 114 valence electrons. The van der Waals surface area contributed by atoms with Crippen molar-refractivity contribution < 1.29 is 34.4 Å². The number of carbonyl (C=O) groups excluding carboxylic acids is 2. The van der Waals surface area contributed by atoms with E-state index in [1.54, 1.807) is 0 Å². The normalized spacial score (nSPS) is 11.5. The van der Waals surface area contributed by atoms with Crippen molar-refractivity contribution in [2.24, 2.45) is 0 Å². The molecule has 0 bridgehead atoms. The lowest BCUT2D eigenvalue weighted by Gasteiger charge is -2.14.